The first-order valence-corrected chi connectivity index (χ1v) is 8.46. The van der Waals surface area contributed by atoms with Crippen molar-refractivity contribution in [1.82, 2.24) is 0 Å². The zero-order valence-electron chi connectivity index (χ0n) is 18.6. The standard InChI is InChI=1S/4C5H8O2.Sn/c4*1-4(6)3-5(2)7;/h4*3H2,1-2H3;. The summed E-state index contributed by atoms with van der Waals surface area (Å²) in [6.45, 7) is 11.2. The molecule has 0 unspecified atom stereocenters. The summed E-state index contributed by atoms with van der Waals surface area (Å²) in [4.78, 5) is 80.3. The number of hydrogen-bond donors (Lipinski definition) is 0. The topological polar surface area (TPSA) is 137 Å². The van der Waals surface area contributed by atoms with Gasteiger partial charge in [0.15, 0.2) is 0 Å². The normalized spacial score (nSPS) is 8.00. The Morgan fingerprint density at radius 1 is 0.310 bits per heavy atom. The first-order chi connectivity index (χ1) is 12.5. The van der Waals surface area contributed by atoms with Crippen LogP contribution in [-0.2, 0) is 38.4 Å². The van der Waals surface area contributed by atoms with Crippen LogP contribution in [0.1, 0.15) is 81.1 Å². The van der Waals surface area contributed by atoms with E-state index in [4.69, 9.17) is 0 Å². The molecular weight excluding hydrogens is 487 g/mol. The summed E-state index contributed by atoms with van der Waals surface area (Å²) >= 11 is 0. The van der Waals surface area contributed by atoms with E-state index in [1.165, 1.54) is 55.4 Å². The van der Waals surface area contributed by atoms with Gasteiger partial charge in [-0.15, -0.1) is 0 Å². The second-order valence-electron chi connectivity index (χ2n) is 6.32. The van der Waals surface area contributed by atoms with Gasteiger partial charge in [0.2, 0.25) is 0 Å². The van der Waals surface area contributed by atoms with Crippen LogP contribution >= 0.6 is 0 Å². The fourth-order valence-corrected chi connectivity index (χ4v) is 1.40. The molecule has 0 saturated heterocycles. The fraction of sp³-hybridized carbons (Fsp3) is 0.600. The summed E-state index contributed by atoms with van der Waals surface area (Å²) in [6, 6.07) is 0. The Morgan fingerprint density at radius 2 is 0.379 bits per heavy atom. The van der Waals surface area contributed by atoms with Crippen LogP contribution in [0.4, 0.5) is 0 Å². The Bertz CT molecular complexity index is 439. The molecule has 9 heteroatoms. The minimum Gasteiger partial charge on any atom is -0.300 e. The molecule has 8 nitrogen and oxygen atoms in total. The molecule has 0 aliphatic rings. The SMILES string of the molecule is CC(=O)CC(C)=O.CC(=O)CC(C)=O.CC(=O)CC(C)=O.CC(=O)CC(C)=O.[Sn]. The molecule has 0 amide bonds. The van der Waals surface area contributed by atoms with Gasteiger partial charge in [-0.2, -0.15) is 0 Å². The zero-order chi connectivity index (χ0) is 23.4. The minimum absolute atomic E-state index is 0. The van der Waals surface area contributed by atoms with E-state index in [0.29, 0.717) is 0 Å². The molecule has 0 bridgehead atoms. The van der Waals surface area contributed by atoms with Crippen molar-refractivity contribution in [3.63, 3.8) is 0 Å². The predicted octanol–water partition coefficient (Wildman–Crippen LogP) is 1.84. The van der Waals surface area contributed by atoms with Crippen molar-refractivity contribution in [2.45, 2.75) is 81.1 Å². The van der Waals surface area contributed by atoms with Crippen LogP contribution in [0.5, 0.6) is 0 Å². The van der Waals surface area contributed by atoms with Crippen molar-refractivity contribution in [2.75, 3.05) is 0 Å². The van der Waals surface area contributed by atoms with Crippen LogP contribution in [-0.4, -0.2) is 70.2 Å². The number of carbonyl (C=O) groups is 8. The van der Waals surface area contributed by atoms with Crippen molar-refractivity contribution in [3.8, 4) is 0 Å². The van der Waals surface area contributed by atoms with Crippen LogP contribution in [0.2, 0.25) is 0 Å². The van der Waals surface area contributed by atoms with Crippen LogP contribution in [0, 0.1) is 0 Å². The van der Waals surface area contributed by atoms with E-state index in [1.54, 1.807) is 0 Å². The second kappa shape index (κ2) is 24.2. The molecule has 0 aliphatic carbocycles. The molecule has 164 valence electrons. The third kappa shape index (κ3) is 76.2. The number of Topliss-reactive ketones (excluding diaryl/α,β-unsaturated/α-hetero) is 8. The van der Waals surface area contributed by atoms with E-state index in [-0.39, 0.29) is 95.9 Å². The van der Waals surface area contributed by atoms with E-state index in [9.17, 15) is 38.4 Å². The van der Waals surface area contributed by atoms with Gasteiger partial charge < -0.3 is 0 Å². The number of carbonyl (C=O) groups excluding carboxylic acids is 8. The molecule has 0 aromatic carbocycles. The molecule has 0 saturated carbocycles. The third-order valence-electron chi connectivity index (χ3n) is 1.99. The maximum atomic E-state index is 10.0. The van der Waals surface area contributed by atoms with Crippen LogP contribution in [0.15, 0.2) is 0 Å². The van der Waals surface area contributed by atoms with Crippen molar-refractivity contribution in [2.24, 2.45) is 0 Å². The molecule has 29 heavy (non-hydrogen) atoms. The molecule has 0 spiro atoms. The zero-order valence-corrected chi connectivity index (χ0v) is 21.4. The Morgan fingerprint density at radius 3 is 0.379 bits per heavy atom. The van der Waals surface area contributed by atoms with Gasteiger partial charge >= 0.3 is 0 Å². The van der Waals surface area contributed by atoms with Gasteiger partial charge in [-0.25, -0.2) is 0 Å². The summed E-state index contributed by atoms with van der Waals surface area (Å²) in [5.74, 6) is -0.500. The summed E-state index contributed by atoms with van der Waals surface area (Å²) < 4.78 is 0. The first kappa shape index (κ1) is 37.8. The van der Waals surface area contributed by atoms with Crippen molar-refractivity contribution < 1.29 is 38.4 Å². The molecule has 0 rings (SSSR count). The molecule has 0 N–H and O–H groups in total. The van der Waals surface area contributed by atoms with E-state index < -0.39 is 0 Å². The molecule has 0 fully saturated rings. The van der Waals surface area contributed by atoms with Crippen molar-refractivity contribution >= 4 is 70.2 Å². The first-order valence-electron chi connectivity index (χ1n) is 8.46. The summed E-state index contributed by atoms with van der Waals surface area (Å²) in [7, 11) is 0. The second-order valence-corrected chi connectivity index (χ2v) is 6.32. The Kier molecular flexibility index (Phi) is 31.6. The third-order valence-corrected chi connectivity index (χ3v) is 1.99. The van der Waals surface area contributed by atoms with E-state index >= 15 is 0 Å². The van der Waals surface area contributed by atoms with Crippen LogP contribution in [0.3, 0.4) is 0 Å². The Balaban J connectivity index is -0.0000000873. The summed E-state index contributed by atoms with van der Waals surface area (Å²) in [6.07, 6.45) is 0.333. The van der Waals surface area contributed by atoms with Gasteiger partial charge in [0, 0.05) is 23.9 Å². The van der Waals surface area contributed by atoms with Gasteiger partial charge in [-0.3, -0.25) is 38.4 Å². The molecule has 0 heterocycles. The number of ketones is 8. The monoisotopic (exact) mass is 520 g/mol. The Labute approximate surface area is 189 Å². The molecule has 0 aliphatic heterocycles. The van der Waals surface area contributed by atoms with E-state index in [2.05, 4.69) is 0 Å². The van der Waals surface area contributed by atoms with E-state index in [0.717, 1.165) is 0 Å². The fourth-order valence-electron chi connectivity index (χ4n) is 1.40. The van der Waals surface area contributed by atoms with Gasteiger partial charge in [-0.05, 0) is 55.4 Å². The number of rotatable bonds is 8. The van der Waals surface area contributed by atoms with Gasteiger partial charge in [-0.1, -0.05) is 0 Å². The predicted molar refractivity (Wildman–Crippen MR) is 110 cm³/mol. The molecular formula is C20H32O8Sn. The molecule has 4 radical (unpaired) electrons. The maximum Gasteiger partial charge on any atom is 0.137 e. The minimum atomic E-state index is -0.0625. The summed E-state index contributed by atoms with van der Waals surface area (Å²) in [5.41, 5.74) is 0. The average molecular weight is 519 g/mol. The van der Waals surface area contributed by atoms with Gasteiger partial charge in [0.05, 0.1) is 25.7 Å². The molecule has 0 atom stereocenters. The van der Waals surface area contributed by atoms with Crippen LogP contribution < -0.4 is 0 Å². The Hall–Kier alpha value is -1.84. The average Bonchev–Trinajstić information content (AvgIpc) is 2.32. The van der Waals surface area contributed by atoms with Gasteiger partial charge in [0.25, 0.3) is 0 Å². The van der Waals surface area contributed by atoms with Crippen LogP contribution in [0.25, 0.3) is 0 Å². The smallest absolute Gasteiger partial charge is 0.137 e. The van der Waals surface area contributed by atoms with Crippen molar-refractivity contribution in [3.05, 3.63) is 0 Å². The summed E-state index contributed by atoms with van der Waals surface area (Å²) in [5, 5.41) is 0. The quantitative estimate of drug-likeness (QED) is 0.350. The maximum absolute atomic E-state index is 10.0. The number of hydrogen-bond acceptors (Lipinski definition) is 8. The molecule has 0 aromatic rings. The van der Waals surface area contributed by atoms with E-state index in [1.807, 2.05) is 0 Å². The van der Waals surface area contributed by atoms with Crippen molar-refractivity contribution in [1.29, 1.82) is 0 Å². The van der Waals surface area contributed by atoms with Gasteiger partial charge in [0.1, 0.15) is 46.3 Å². The largest absolute Gasteiger partial charge is 0.300 e. The molecule has 0 aromatic heterocycles.